The summed E-state index contributed by atoms with van der Waals surface area (Å²) in [6, 6.07) is 7.37. The Balaban J connectivity index is 1.84. The van der Waals surface area contributed by atoms with E-state index in [1.807, 2.05) is 36.9 Å². The summed E-state index contributed by atoms with van der Waals surface area (Å²) in [6.07, 6.45) is 2.13. The number of para-hydroxylation sites is 1. The molecule has 134 valence electrons. The van der Waals surface area contributed by atoms with E-state index in [9.17, 15) is 9.59 Å². The number of likely N-dealkylation sites (tertiary alicyclic amines) is 1. The molecule has 0 N–H and O–H groups in total. The van der Waals surface area contributed by atoms with Crippen LogP contribution >= 0.6 is 11.8 Å². The Kier molecular flexibility index (Phi) is 5.47. The summed E-state index contributed by atoms with van der Waals surface area (Å²) in [5.74, 6) is 0.835. The second-order valence-corrected chi connectivity index (χ2v) is 8.04. The third kappa shape index (κ3) is 3.73. The second kappa shape index (κ2) is 7.60. The smallest absolute Gasteiger partial charge is 0.262 e. The molecule has 0 saturated carbocycles. The van der Waals surface area contributed by atoms with E-state index in [-0.39, 0.29) is 16.7 Å². The number of fused-ring (bicyclic) bond motifs is 1. The van der Waals surface area contributed by atoms with Crippen LogP contribution in [-0.2, 0) is 11.3 Å². The van der Waals surface area contributed by atoms with Gasteiger partial charge in [-0.15, -0.1) is 0 Å². The number of nitrogens with zero attached hydrogens (tertiary/aromatic N) is 3. The quantitative estimate of drug-likeness (QED) is 0.622. The number of hydrogen-bond acceptors (Lipinski definition) is 4. The molecule has 2 aromatic rings. The molecular weight excluding hydrogens is 334 g/mol. The Morgan fingerprint density at radius 2 is 2.00 bits per heavy atom. The van der Waals surface area contributed by atoms with Gasteiger partial charge in [-0.05, 0) is 44.7 Å². The monoisotopic (exact) mass is 359 g/mol. The lowest BCUT2D eigenvalue weighted by molar-refractivity contribution is -0.131. The van der Waals surface area contributed by atoms with Gasteiger partial charge >= 0.3 is 0 Å². The first-order chi connectivity index (χ1) is 12.0. The Hall–Kier alpha value is -1.82. The fraction of sp³-hybridized carbons (Fsp3) is 0.526. The Morgan fingerprint density at radius 3 is 2.68 bits per heavy atom. The molecule has 0 radical (unpaired) electrons. The van der Waals surface area contributed by atoms with Crippen LogP contribution in [0.1, 0.15) is 33.6 Å². The van der Waals surface area contributed by atoms with Gasteiger partial charge in [0.05, 0.1) is 16.2 Å². The normalized spacial score (nSPS) is 17.0. The number of hydrogen-bond donors (Lipinski definition) is 0. The molecule has 1 aromatic carbocycles. The van der Waals surface area contributed by atoms with Gasteiger partial charge in [0.25, 0.3) is 5.56 Å². The molecule has 1 fully saturated rings. The highest BCUT2D eigenvalue weighted by Gasteiger charge is 2.26. The fourth-order valence-corrected chi connectivity index (χ4v) is 4.27. The highest BCUT2D eigenvalue weighted by Crippen LogP contribution is 2.25. The second-order valence-electron chi connectivity index (χ2n) is 6.73. The molecular formula is C19H25N3O2S. The van der Waals surface area contributed by atoms with Crippen molar-refractivity contribution in [2.24, 2.45) is 5.92 Å². The first kappa shape index (κ1) is 18.0. The number of aromatic nitrogens is 2. The predicted molar refractivity (Wildman–Crippen MR) is 102 cm³/mol. The van der Waals surface area contributed by atoms with Gasteiger partial charge in [0, 0.05) is 19.6 Å². The molecule has 5 nitrogen and oxygen atoms in total. The number of carbonyl (C=O) groups is 1. The largest absolute Gasteiger partial charge is 0.342 e. The van der Waals surface area contributed by atoms with Crippen LogP contribution in [0, 0.1) is 5.92 Å². The Morgan fingerprint density at radius 1 is 1.32 bits per heavy atom. The van der Waals surface area contributed by atoms with Crippen molar-refractivity contribution in [3.63, 3.8) is 0 Å². The maximum Gasteiger partial charge on any atom is 0.262 e. The topological polar surface area (TPSA) is 55.2 Å². The van der Waals surface area contributed by atoms with Crippen molar-refractivity contribution in [2.75, 3.05) is 13.1 Å². The first-order valence-corrected chi connectivity index (χ1v) is 9.84. The number of rotatable bonds is 4. The molecule has 0 aliphatic carbocycles. The Bertz CT molecular complexity index is 825. The van der Waals surface area contributed by atoms with Gasteiger partial charge in [0.15, 0.2) is 5.16 Å². The van der Waals surface area contributed by atoms with E-state index in [4.69, 9.17) is 0 Å². The van der Waals surface area contributed by atoms with Gasteiger partial charge in [0.1, 0.15) is 0 Å². The summed E-state index contributed by atoms with van der Waals surface area (Å²) >= 11 is 1.39. The van der Waals surface area contributed by atoms with Crippen molar-refractivity contribution in [2.45, 2.75) is 50.6 Å². The van der Waals surface area contributed by atoms with Gasteiger partial charge in [-0.2, -0.15) is 0 Å². The van der Waals surface area contributed by atoms with E-state index < -0.39 is 0 Å². The summed E-state index contributed by atoms with van der Waals surface area (Å²) in [5.41, 5.74) is 0.646. The lowest BCUT2D eigenvalue weighted by Gasteiger charge is -2.32. The van der Waals surface area contributed by atoms with Crippen molar-refractivity contribution in [3.05, 3.63) is 34.6 Å². The minimum atomic E-state index is -0.251. The molecule has 6 heteroatoms. The van der Waals surface area contributed by atoms with E-state index in [0.717, 1.165) is 25.9 Å². The number of amides is 1. The molecule has 1 amide bonds. The van der Waals surface area contributed by atoms with Gasteiger partial charge in [-0.3, -0.25) is 14.2 Å². The lowest BCUT2D eigenvalue weighted by Crippen LogP contribution is -2.42. The molecule has 1 aromatic heterocycles. The van der Waals surface area contributed by atoms with E-state index in [1.54, 1.807) is 10.6 Å². The number of carbonyl (C=O) groups excluding carboxylic acids is 1. The molecule has 1 aliphatic heterocycles. The predicted octanol–water partition coefficient (Wildman–Crippen LogP) is 3.16. The van der Waals surface area contributed by atoms with E-state index in [2.05, 4.69) is 11.9 Å². The van der Waals surface area contributed by atoms with Gasteiger partial charge in [-0.1, -0.05) is 30.8 Å². The van der Waals surface area contributed by atoms with Crippen LogP contribution in [0.5, 0.6) is 0 Å². The molecule has 1 aliphatic rings. The van der Waals surface area contributed by atoms with Gasteiger partial charge in [-0.25, -0.2) is 4.98 Å². The van der Waals surface area contributed by atoms with Crippen LogP contribution < -0.4 is 5.56 Å². The summed E-state index contributed by atoms with van der Waals surface area (Å²) in [6.45, 7) is 8.28. The van der Waals surface area contributed by atoms with Crippen molar-refractivity contribution < 1.29 is 4.79 Å². The molecule has 0 bridgehead atoms. The SMILES string of the molecule is CCn1c(S[C@@H](C)C(=O)N2CCC(C)CC2)nc2ccccc2c1=O. The minimum Gasteiger partial charge on any atom is -0.342 e. The van der Waals surface area contributed by atoms with Crippen LogP contribution in [0.3, 0.4) is 0 Å². The van der Waals surface area contributed by atoms with Crippen molar-refractivity contribution in [1.29, 1.82) is 0 Å². The van der Waals surface area contributed by atoms with Crippen LogP contribution in [0.25, 0.3) is 10.9 Å². The van der Waals surface area contributed by atoms with Crippen molar-refractivity contribution in [1.82, 2.24) is 14.5 Å². The molecule has 0 spiro atoms. The molecule has 2 heterocycles. The zero-order valence-corrected chi connectivity index (χ0v) is 15.9. The van der Waals surface area contributed by atoms with Crippen LogP contribution in [0.4, 0.5) is 0 Å². The average Bonchev–Trinajstić information content (AvgIpc) is 2.62. The van der Waals surface area contributed by atoms with Crippen LogP contribution in [0.2, 0.25) is 0 Å². The van der Waals surface area contributed by atoms with Crippen molar-refractivity contribution >= 4 is 28.6 Å². The third-order valence-electron chi connectivity index (χ3n) is 4.87. The molecule has 1 saturated heterocycles. The summed E-state index contributed by atoms with van der Waals surface area (Å²) in [5, 5.41) is 0.995. The minimum absolute atomic E-state index is 0.0398. The highest BCUT2D eigenvalue weighted by atomic mass is 32.2. The molecule has 25 heavy (non-hydrogen) atoms. The van der Waals surface area contributed by atoms with Crippen LogP contribution in [0.15, 0.2) is 34.2 Å². The zero-order valence-electron chi connectivity index (χ0n) is 15.1. The molecule has 0 unspecified atom stereocenters. The molecule has 1 atom stereocenters. The fourth-order valence-electron chi connectivity index (χ4n) is 3.21. The summed E-state index contributed by atoms with van der Waals surface area (Å²) < 4.78 is 1.66. The number of piperidine rings is 1. The number of benzene rings is 1. The first-order valence-electron chi connectivity index (χ1n) is 8.96. The van der Waals surface area contributed by atoms with Gasteiger partial charge < -0.3 is 4.90 Å². The summed E-state index contributed by atoms with van der Waals surface area (Å²) in [4.78, 5) is 32.0. The molecule has 3 rings (SSSR count). The highest BCUT2D eigenvalue weighted by molar-refractivity contribution is 8.00. The maximum absolute atomic E-state index is 12.7. The average molecular weight is 359 g/mol. The zero-order chi connectivity index (χ0) is 18.0. The van der Waals surface area contributed by atoms with E-state index in [1.165, 1.54) is 11.8 Å². The van der Waals surface area contributed by atoms with Crippen molar-refractivity contribution in [3.8, 4) is 0 Å². The maximum atomic E-state index is 12.7. The lowest BCUT2D eigenvalue weighted by atomic mass is 9.99. The van der Waals surface area contributed by atoms with E-state index >= 15 is 0 Å². The summed E-state index contributed by atoms with van der Waals surface area (Å²) in [7, 11) is 0. The third-order valence-corrected chi connectivity index (χ3v) is 5.95. The number of thioether (sulfide) groups is 1. The van der Waals surface area contributed by atoms with E-state index in [0.29, 0.717) is 28.5 Å². The van der Waals surface area contributed by atoms with Crippen LogP contribution in [-0.4, -0.2) is 38.7 Å². The standard InChI is InChI=1S/C19H25N3O2S/c1-4-22-18(24)15-7-5-6-8-16(15)20-19(22)25-14(3)17(23)21-11-9-13(2)10-12-21/h5-8,13-14H,4,9-12H2,1-3H3/t14-/m0/s1. The Labute approximate surface area is 152 Å². The van der Waals surface area contributed by atoms with Gasteiger partial charge in [0.2, 0.25) is 5.91 Å².